The van der Waals surface area contributed by atoms with Crippen LogP contribution in [-0.4, -0.2) is 57.6 Å². The Morgan fingerprint density at radius 3 is 1.32 bits per heavy atom. The fourth-order valence-electron chi connectivity index (χ4n) is 3.08. The van der Waals surface area contributed by atoms with Gasteiger partial charge in [-0.25, -0.2) is 0 Å². The lowest BCUT2D eigenvalue weighted by atomic mass is 10.1. The number of nitro groups is 2. The van der Waals surface area contributed by atoms with Gasteiger partial charge in [0.05, 0.1) is 9.85 Å². The lowest BCUT2D eigenvalue weighted by molar-refractivity contribution is -0.385. The van der Waals surface area contributed by atoms with E-state index in [1.165, 1.54) is 46.2 Å². The maximum Gasteiger partial charge on any atom is 0.282 e. The van der Waals surface area contributed by atoms with Crippen molar-refractivity contribution in [2.45, 2.75) is 0 Å². The Balaban J connectivity index is 1.72. The topological polar surface area (TPSA) is 127 Å². The van der Waals surface area contributed by atoms with Crippen molar-refractivity contribution >= 4 is 23.2 Å². The maximum atomic E-state index is 12.6. The molecule has 1 aliphatic heterocycles. The van der Waals surface area contributed by atoms with Crippen molar-refractivity contribution in [2.24, 2.45) is 0 Å². The first kappa shape index (κ1) is 19.0. The van der Waals surface area contributed by atoms with Crippen LogP contribution in [-0.2, 0) is 0 Å². The molecule has 0 atom stereocenters. The number of hydrogen-bond acceptors (Lipinski definition) is 6. The van der Waals surface area contributed by atoms with Crippen molar-refractivity contribution < 1.29 is 19.4 Å². The van der Waals surface area contributed by atoms with Crippen LogP contribution in [0.2, 0.25) is 0 Å². The lowest BCUT2D eigenvalue weighted by Crippen LogP contribution is -2.50. The van der Waals surface area contributed by atoms with E-state index in [1.807, 2.05) is 0 Å². The third-order valence-electron chi connectivity index (χ3n) is 4.52. The van der Waals surface area contributed by atoms with Crippen LogP contribution in [0, 0.1) is 20.2 Å². The van der Waals surface area contributed by atoms with Crippen molar-refractivity contribution in [3.8, 4) is 0 Å². The third-order valence-corrected chi connectivity index (χ3v) is 4.52. The van der Waals surface area contributed by atoms with Gasteiger partial charge in [0.15, 0.2) is 0 Å². The number of carbonyl (C=O) groups is 2. The highest BCUT2D eigenvalue weighted by molar-refractivity contribution is 5.99. The van der Waals surface area contributed by atoms with Crippen LogP contribution in [0.15, 0.2) is 48.5 Å². The Morgan fingerprint density at radius 2 is 1.00 bits per heavy atom. The summed E-state index contributed by atoms with van der Waals surface area (Å²) >= 11 is 0. The molecule has 1 saturated heterocycles. The quantitative estimate of drug-likeness (QED) is 0.587. The lowest BCUT2D eigenvalue weighted by Gasteiger charge is -2.34. The fourth-order valence-corrected chi connectivity index (χ4v) is 3.08. The van der Waals surface area contributed by atoms with Crippen molar-refractivity contribution in [1.82, 2.24) is 9.80 Å². The molecule has 0 aromatic heterocycles. The Morgan fingerprint density at radius 1 is 0.679 bits per heavy atom. The highest BCUT2D eigenvalue weighted by Crippen LogP contribution is 2.22. The molecule has 2 aromatic carbocycles. The smallest absolute Gasteiger partial charge is 0.282 e. The first-order valence-electron chi connectivity index (χ1n) is 8.45. The van der Waals surface area contributed by atoms with E-state index in [0.717, 1.165) is 0 Å². The van der Waals surface area contributed by atoms with Crippen molar-refractivity contribution in [1.29, 1.82) is 0 Å². The summed E-state index contributed by atoms with van der Waals surface area (Å²) in [5, 5.41) is 22.2. The van der Waals surface area contributed by atoms with Gasteiger partial charge in [-0.3, -0.25) is 29.8 Å². The standard InChI is InChI=1S/C18H16N4O6/c23-17(13-5-1-3-7-15(13)21(25)26)19-9-11-20(12-10-19)18(24)14-6-2-4-8-16(14)22(27)28/h1-8H,9-12H2. The van der Waals surface area contributed by atoms with Crippen LogP contribution in [0.3, 0.4) is 0 Å². The Labute approximate surface area is 159 Å². The van der Waals surface area contributed by atoms with E-state index in [4.69, 9.17) is 0 Å². The SMILES string of the molecule is O=C(c1ccccc1[N+](=O)[O-])N1CCN(C(=O)c2ccccc2[N+](=O)[O-])CC1. The molecule has 0 spiro atoms. The van der Waals surface area contributed by atoms with E-state index in [0.29, 0.717) is 0 Å². The largest absolute Gasteiger partial charge is 0.335 e. The van der Waals surface area contributed by atoms with Crippen LogP contribution in [0.5, 0.6) is 0 Å². The van der Waals surface area contributed by atoms with Gasteiger partial charge >= 0.3 is 0 Å². The molecule has 1 heterocycles. The summed E-state index contributed by atoms with van der Waals surface area (Å²) in [6, 6.07) is 11.4. The molecule has 144 valence electrons. The van der Waals surface area contributed by atoms with Gasteiger partial charge in [-0.2, -0.15) is 0 Å². The number of piperazine rings is 1. The maximum absolute atomic E-state index is 12.6. The summed E-state index contributed by atoms with van der Waals surface area (Å²) in [6.45, 7) is 0.711. The van der Waals surface area contributed by atoms with Crippen LogP contribution in [0.4, 0.5) is 11.4 Å². The molecule has 3 rings (SSSR count). The number of hydrogen-bond donors (Lipinski definition) is 0. The van der Waals surface area contributed by atoms with Gasteiger partial charge in [0, 0.05) is 38.3 Å². The number of rotatable bonds is 4. The Hall–Kier alpha value is -3.82. The number of carbonyl (C=O) groups excluding carboxylic acids is 2. The molecule has 1 fully saturated rings. The second-order valence-electron chi connectivity index (χ2n) is 6.13. The minimum absolute atomic E-state index is 0.00836. The van der Waals surface area contributed by atoms with Gasteiger partial charge in [0.25, 0.3) is 23.2 Å². The van der Waals surface area contributed by atoms with E-state index < -0.39 is 21.7 Å². The molecule has 1 aliphatic rings. The first-order valence-corrected chi connectivity index (χ1v) is 8.45. The van der Waals surface area contributed by atoms with Gasteiger partial charge in [0.1, 0.15) is 11.1 Å². The summed E-state index contributed by atoms with van der Waals surface area (Å²) in [6.07, 6.45) is 0. The Kier molecular flexibility index (Phi) is 5.30. The van der Waals surface area contributed by atoms with E-state index in [1.54, 1.807) is 12.1 Å². The molecular formula is C18H16N4O6. The van der Waals surface area contributed by atoms with E-state index in [9.17, 15) is 29.8 Å². The van der Waals surface area contributed by atoms with Crippen molar-refractivity contribution in [3.05, 3.63) is 79.9 Å². The van der Waals surface area contributed by atoms with Gasteiger partial charge in [-0.15, -0.1) is 0 Å². The summed E-state index contributed by atoms with van der Waals surface area (Å²) < 4.78 is 0. The van der Waals surface area contributed by atoms with E-state index >= 15 is 0 Å². The number of para-hydroxylation sites is 2. The minimum atomic E-state index is -0.610. The molecule has 0 saturated carbocycles. The van der Waals surface area contributed by atoms with Gasteiger partial charge < -0.3 is 9.80 Å². The normalized spacial score (nSPS) is 13.9. The van der Waals surface area contributed by atoms with E-state index in [-0.39, 0.29) is 48.7 Å². The first-order chi connectivity index (χ1) is 13.4. The zero-order chi connectivity index (χ0) is 20.3. The monoisotopic (exact) mass is 384 g/mol. The Bertz CT molecular complexity index is 875. The summed E-state index contributed by atoms with van der Waals surface area (Å²) in [4.78, 5) is 49.2. The predicted molar refractivity (Wildman–Crippen MR) is 98.0 cm³/mol. The third kappa shape index (κ3) is 3.65. The van der Waals surface area contributed by atoms with Crippen molar-refractivity contribution in [3.63, 3.8) is 0 Å². The number of benzene rings is 2. The van der Waals surface area contributed by atoms with Crippen LogP contribution >= 0.6 is 0 Å². The summed E-state index contributed by atoms with van der Waals surface area (Å²) in [5.41, 5.74) is -0.561. The average Bonchev–Trinajstić information content (AvgIpc) is 2.72. The zero-order valence-corrected chi connectivity index (χ0v) is 14.7. The predicted octanol–water partition coefficient (Wildman–Crippen LogP) is 2.10. The van der Waals surface area contributed by atoms with Crippen LogP contribution in [0.25, 0.3) is 0 Å². The summed E-state index contributed by atoms with van der Waals surface area (Å²) in [5.74, 6) is -0.963. The highest BCUT2D eigenvalue weighted by Gasteiger charge is 2.30. The average molecular weight is 384 g/mol. The van der Waals surface area contributed by atoms with Crippen LogP contribution < -0.4 is 0 Å². The van der Waals surface area contributed by atoms with Gasteiger partial charge in [0.2, 0.25) is 0 Å². The molecule has 2 amide bonds. The fraction of sp³-hybridized carbons (Fsp3) is 0.222. The molecule has 10 nitrogen and oxygen atoms in total. The molecule has 10 heteroatoms. The molecule has 2 aromatic rings. The summed E-state index contributed by atoms with van der Waals surface area (Å²) in [7, 11) is 0. The number of amides is 2. The molecule has 28 heavy (non-hydrogen) atoms. The van der Waals surface area contributed by atoms with Crippen molar-refractivity contribution in [2.75, 3.05) is 26.2 Å². The molecule has 0 bridgehead atoms. The number of nitrogens with zero attached hydrogens (tertiary/aromatic N) is 4. The molecular weight excluding hydrogens is 368 g/mol. The zero-order valence-electron chi connectivity index (χ0n) is 14.7. The minimum Gasteiger partial charge on any atom is -0.335 e. The molecule has 0 radical (unpaired) electrons. The van der Waals surface area contributed by atoms with Gasteiger partial charge in [-0.05, 0) is 12.1 Å². The molecule has 0 aliphatic carbocycles. The molecule has 0 unspecified atom stereocenters. The highest BCUT2D eigenvalue weighted by atomic mass is 16.6. The molecule has 0 N–H and O–H groups in total. The second-order valence-corrected chi connectivity index (χ2v) is 6.13. The van der Waals surface area contributed by atoms with E-state index in [2.05, 4.69) is 0 Å². The van der Waals surface area contributed by atoms with Crippen LogP contribution in [0.1, 0.15) is 20.7 Å². The van der Waals surface area contributed by atoms with Gasteiger partial charge in [-0.1, -0.05) is 24.3 Å². The second kappa shape index (κ2) is 7.82. The number of nitro benzene ring substituents is 2.